The molecular formula is C28H35N3O5S4. The summed E-state index contributed by atoms with van der Waals surface area (Å²) in [6.07, 6.45) is 11.8. The van der Waals surface area contributed by atoms with Gasteiger partial charge in [0, 0.05) is 22.8 Å². The molecule has 1 aliphatic carbocycles. The highest BCUT2D eigenvalue weighted by Crippen LogP contribution is 2.36. The maximum absolute atomic E-state index is 13.6. The van der Waals surface area contributed by atoms with Gasteiger partial charge in [0.05, 0.1) is 44.1 Å². The normalized spacial score (nSPS) is 15.1. The first-order valence-electron chi connectivity index (χ1n) is 12.2. The van der Waals surface area contributed by atoms with Crippen LogP contribution in [0.25, 0.3) is 0 Å². The predicted octanol–water partition coefficient (Wildman–Crippen LogP) is 5.73. The Morgan fingerprint density at radius 2 is 2.12 bits per heavy atom. The van der Waals surface area contributed by atoms with Crippen LogP contribution in [-0.4, -0.2) is 51.9 Å². The van der Waals surface area contributed by atoms with E-state index in [1.54, 1.807) is 25.3 Å². The number of hydrogen-bond donors (Lipinski definition) is 4. The van der Waals surface area contributed by atoms with Crippen LogP contribution in [0.5, 0.6) is 0 Å². The topological polar surface area (TPSA) is 143 Å². The van der Waals surface area contributed by atoms with Gasteiger partial charge in [-0.1, -0.05) is 24.8 Å². The van der Waals surface area contributed by atoms with Crippen molar-refractivity contribution in [2.24, 2.45) is 5.73 Å². The number of carboxylic acids is 1. The lowest BCUT2D eigenvalue weighted by Gasteiger charge is -2.17. The largest absolute Gasteiger partial charge is 0.497 e. The third kappa shape index (κ3) is 9.69. The van der Waals surface area contributed by atoms with E-state index in [1.807, 2.05) is 38.3 Å². The van der Waals surface area contributed by atoms with Crippen molar-refractivity contribution >= 4 is 63.4 Å². The SMILES string of the molecule is C=C/C=C(\C/C=C(\C)C1=C(NC(=O)CSCCC(=O)O)CC=C(OC)C=C1C)S(=O)c1cc(C(=N)N)sc1SC. The van der Waals surface area contributed by atoms with Crippen LogP contribution in [0.2, 0.25) is 0 Å². The highest BCUT2D eigenvalue weighted by Gasteiger charge is 2.20. The Morgan fingerprint density at radius 1 is 1.40 bits per heavy atom. The van der Waals surface area contributed by atoms with Crippen molar-refractivity contribution in [3.63, 3.8) is 0 Å². The zero-order valence-electron chi connectivity index (χ0n) is 23.0. The van der Waals surface area contributed by atoms with Crippen molar-refractivity contribution in [1.82, 2.24) is 5.32 Å². The maximum Gasteiger partial charge on any atom is 0.304 e. The van der Waals surface area contributed by atoms with Gasteiger partial charge in [-0.15, -0.1) is 23.1 Å². The molecule has 1 aromatic rings. The van der Waals surface area contributed by atoms with Gasteiger partial charge in [-0.2, -0.15) is 11.8 Å². The van der Waals surface area contributed by atoms with Crippen LogP contribution in [0, 0.1) is 5.41 Å². The molecule has 12 heteroatoms. The number of thiophene rings is 1. The van der Waals surface area contributed by atoms with Crippen LogP contribution in [0.15, 0.2) is 85.2 Å². The number of carbonyl (C=O) groups excluding carboxylic acids is 1. The molecule has 0 saturated heterocycles. The number of methoxy groups -OCH3 is 1. The number of nitrogens with two attached hydrogens (primary N) is 1. The Morgan fingerprint density at radius 3 is 2.73 bits per heavy atom. The van der Waals surface area contributed by atoms with Crippen molar-refractivity contribution in [2.45, 2.75) is 42.2 Å². The molecule has 1 aromatic heterocycles. The molecule has 2 rings (SSSR count). The van der Waals surface area contributed by atoms with Crippen LogP contribution >= 0.6 is 34.9 Å². The van der Waals surface area contributed by atoms with Gasteiger partial charge in [-0.25, -0.2) is 4.21 Å². The quantitative estimate of drug-likeness (QED) is 0.0640. The van der Waals surface area contributed by atoms with E-state index in [4.69, 9.17) is 21.0 Å². The summed E-state index contributed by atoms with van der Waals surface area (Å²) in [5, 5.41) is 19.6. The van der Waals surface area contributed by atoms with E-state index < -0.39 is 16.8 Å². The van der Waals surface area contributed by atoms with Crippen molar-refractivity contribution < 1.29 is 23.6 Å². The van der Waals surface area contributed by atoms with Gasteiger partial charge in [0.1, 0.15) is 11.6 Å². The van der Waals surface area contributed by atoms with Gasteiger partial charge in [-0.3, -0.25) is 15.0 Å². The number of ether oxygens (including phenoxy) is 1. The molecule has 40 heavy (non-hydrogen) atoms. The lowest BCUT2D eigenvalue weighted by molar-refractivity contribution is -0.136. The molecule has 0 spiro atoms. The number of nitrogens with one attached hydrogen (secondary N) is 2. The summed E-state index contributed by atoms with van der Waals surface area (Å²) in [5.41, 5.74) is 9.03. The number of allylic oxidation sites excluding steroid dienone is 9. The van der Waals surface area contributed by atoms with E-state index in [-0.39, 0.29) is 23.9 Å². The average molecular weight is 622 g/mol. The van der Waals surface area contributed by atoms with Crippen molar-refractivity contribution in [3.8, 4) is 0 Å². The highest BCUT2D eigenvalue weighted by molar-refractivity contribution is 8.01. The second-order valence-electron chi connectivity index (χ2n) is 8.55. The fraction of sp³-hybridized carbons (Fsp3) is 0.321. The minimum atomic E-state index is -1.49. The van der Waals surface area contributed by atoms with E-state index >= 15 is 0 Å². The minimum Gasteiger partial charge on any atom is -0.497 e. The van der Waals surface area contributed by atoms with E-state index in [2.05, 4.69) is 11.9 Å². The first-order valence-corrected chi connectivity index (χ1v) is 16.5. The van der Waals surface area contributed by atoms with E-state index in [1.165, 1.54) is 34.9 Å². The zero-order chi connectivity index (χ0) is 29.8. The van der Waals surface area contributed by atoms with Gasteiger partial charge < -0.3 is 20.9 Å². The summed E-state index contributed by atoms with van der Waals surface area (Å²) in [6, 6.07) is 1.71. The zero-order valence-corrected chi connectivity index (χ0v) is 26.3. The molecule has 0 radical (unpaired) electrons. The number of amides is 1. The Bertz CT molecular complexity index is 1340. The number of hydrogen-bond acceptors (Lipinski definition) is 8. The molecule has 0 aromatic carbocycles. The van der Waals surface area contributed by atoms with Gasteiger partial charge in [-0.05, 0) is 61.5 Å². The number of nitrogen functional groups attached to an aromatic ring is 1. The molecule has 0 saturated carbocycles. The third-order valence-electron chi connectivity index (χ3n) is 5.64. The van der Waals surface area contributed by atoms with E-state index in [9.17, 15) is 13.8 Å². The van der Waals surface area contributed by atoms with E-state index in [0.717, 1.165) is 20.9 Å². The molecule has 1 aliphatic rings. The molecule has 1 unspecified atom stereocenters. The summed E-state index contributed by atoms with van der Waals surface area (Å²) in [5.74, 6) is 0.00664. The van der Waals surface area contributed by atoms with Crippen LogP contribution < -0.4 is 11.1 Å². The van der Waals surface area contributed by atoms with Crippen molar-refractivity contribution in [2.75, 3.05) is 24.9 Å². The smallest absolute Gasteiger partial charge is 0.304 e. The Hall–Kier alpha value is -2.80. The van der Waals surface area contributed by atoms with Gasteiger partial charge >= 0.3 is 5.97 Å². The summed E-state index contributed by atoms with van der Waals surface area (Å²) in [4.78, 5) is 25.3. The average Bonchev–Trinajstić information content (AvgIpc) is 3.28. The number of carboxylic acid groups (broad SMARTS) is 1. The van der Waals surface area contributed by atoms with Crippen molar-refractivity contribution in [1.29, 1.82) is 5.41 Å². The van der Waals surface area contributed by atoms with Crippen LogP contribution in [-0.2, 0) is 25.1 Å². The highest BCUT2D eigenvalue weighted by atomic mass is 32.2. The summed E-state index contributed by atoms with van der Waals surface area (Å²) in [7, 11) is 0.103. The molecule has 0 aliphatic heterocycles. The molecule has 8 nitrogen and oxygen atoms in total. The fourth-order valence-electron chi connectivity index (χ4n) is 3.82. The molecule has 5 N–H and O–H groups in total. The first-order chi connectivity index (χ1) is 19.0. The standard InChI is InChI=1S/C28H35N3O5S4/c1-6-7-20(40(35)23-15-22(27(29)30)39-28(23)37-5)10-8-17(2)26-18(3)14-19(36-4)9-11-21(26)31-24(32)16-38-13-12-25(33)34/h6-9,14-15H,1,10-13,16H2,2-5H3,(H3,29,30)(H,31,32)(H,33,34)/b17-8+,20-7+. The van der Waals surface area contributed by atoms with Crippen LogP contribution in [0.1, 0.15) is 38.0 Å². The van der Waals surface area contributed by atoms with Crippen LogP contribution in [0.3, 0.4) is 0 Å². The molecule has 1 heterocycles. The summed E-state index contributed by atoms with van der Waals surface area (Å²) < 4.78 is 19.9. The number of carbonyl (C=O) groups is 2. The molecule has 1 atom stereocenters. The lowest BCUT2D eigenvalue weighted by atomic mass is 9.96. The number of amidine groups is 1. The monoisotopic (exact) mass is 621 g/mol. The van der Waals surface area contributed by atoms with Crippen molar-refractivity contribution in [3.05, 3.63) is 81.0 Å². The predicted molar refractivity (Wildman–Crippen MR) is 168 cm³/mol. The summed E-state index contributed by atoms with van der Waals surface area (Å²) >= 11 is 4.08. The second-order valence-corrected chi connectivity index (χ2v) is 13.3. The maximum atomic E-state index is 13.6. The number of rotatable bonds is 15. The van der Waals surface area contributed by atoms with Gasteiger partial charge in [0.15, 0.2) is 0 Å². The molecule has 1 amide bonds. The second kappa shape index (κ2) is 16.5. The number of thioether (sulfide) groups is 2. The fourth-order valence-corrected chi connectivity index (χ4v) is 8.06. The minimum absolute atomic E-state index is 0.00264. The van der Waals surface area contributed by atoms with Gasteiger partial charge in [0.2, 0.25) is 5.91 Å². The Labute approximate surface area is 250 Å². The molecule has 0 bridgehead atoms. The molecule has 0 fully saturated rings. The Balaban J connectivity index is 2.37. The number of aliphatic carboxylic acids is 1. The summed E-state index contributed by atoms with van der Waals surface area (Å²) in [6.45, 7) is 7.67. The molecule has 216 valence electrons. The molecular weight excluding hydrogens is 587 g/mol. The Kier molecular flexibility index (Phi) is 13.7. The lowest BCUT2D eigenvalue weighted by Crippen LogP contribution is -2.26. The first kappa shape index (κ1) is 33.4. The van der Waals surface area contributed by atoms with Gasteiger partial charge in [0.25, 0.3) is 0 Å². The van der Waals surface area contributed by atoms with Crippen LogP contribution in [0.4, 0.5) is 0 Å². The third-order valence-corrected chi connectivity index (χ3v) is 10.7. The van der Waals surface area contributed by atoms with E-state index in [0.29, 0.717) is 44.7 Å².